The van der Waals surface area contributed by atoms with Gasteiger partial charge in [0.1, 0.15) is 0 Å². The molecular weight excluding hydrogens is 475 g/mol. The molecule has 1 N–H and O–H groups in total. The first-order chi connectivity index (χ1) is 15.2. The fraction of sp³-hybridized carbons (Fsp3) is 0.286. The van der Waals surface area contributed by atoms with Gasteiger partial charge < -0.3 is 4.42 Å². The number of aromatic nitrogens is 2. The highest BCUT2D eigenvalue weighted by molar-refractivity contribution is 7.89. The average molecular weight is 495 g/mol. The van der Waals surface area contributed by atoms with Crippen LogP contribution in [0.1, 0.15) is 30.1 Å². The van der Waals surface area contributed by atoms with Gasteiger partial charge in [0.25, 0.3) is 5.91 Å². The van der Waals surface area contributed by atoms with E-state index in [1.165, 1.54) is 28.6 Å². The SMILES string of the molecule is CC1CCCN(S(=O)(=O)c2ccc(C(=O)Nc3nnc(-c4cc(Cl)cc(Cl)c4)o3)cc2)C1. The van der Waals surface area contributed by atoms with Crippen LogP contribution in [0.3, 0.4) is 0 Å². The third kappa shape index (κ3) is 4.96. The van der Waals surface area contributed by atoms with Gasteiger partial charge in [-0.25, -0.2) is 8.42 Å². The smallest absolute Gasteiger partial charge is 0.322 e. The van der Waals surface area contributed by atoms with Crippen LogP contribution in [0.15, 0.2) is 51.8 Å². The van der Waals surface area contributed by atoms with Crippen LogP contribution in [-0.2, 0) is 10.0 Å². The van der Waals surface area contributed by atoms with Crippen LogP contribution in [0.2, 0.25) is 10.0 Å². The summed E-state index contributed by atoms with van der Waals surface area (Å²) in [5, 5.41) is 11.0. The number of rotatable bonds is 5. The minimum atomic E-state index is -3.59. The molecule has 1 fully saturated rings. The molecule has 1 unspecified atom stereocenters. The zero-order valence-corrected chi connectivity index (χ0v) is 19.4. The van der Waals surface area contributed by atoms with Gasteiger partial charge in [-0.1, -0.05) is 35.2 Å². The number of anilines is 1. The number of hydrogen-bond acceptors (Lipinski definition) is 6. The summed E-state index contributed by atoms with van der Waals surface area (Å²) in [6.07, 6.45) is 1.86. The van der Waals surface area contributed by atoms with Crippen LogP contribution in [0.4, 0.5) is 6.01 Å². The molecule has 3 aromatic rings. The molecule has 0 saturated carbocycles. The van der Waals surface area contributed by atoms with Crippen molar-refractivity contribution in [3.05, 3.63) is 58.1 Å². The molecule has 0 bridgehead atoms. The molecule has 1 aliphatic rings. The van der Waals surface area contributed by atoms with Gasteiger partial charge in [0, 0.05) is 34.3 Å². The minimum Gasteiger partial charge on any atom is -0.403 e. The lowest BCUT2D eigenvalue weighted by Gasteiger charge is -2.30. The first-order valence-electron chi connectivity index (χ1n) is 9.94. The Morgan fingerprint density at radius 2 is 1.81 bits per heavy atom. The molecule has 0 radical (unpaired) electrons. The second kappa shape index (κ2) is 9.19. The number of halogens is 2. The number of piperidine rings is 1. The molecule has 2 aromatic carbocycles. The Balaban J connectivity index is 1.46. The summed E-state index contributed by atoms with van der Waals surface area (Å²) >= 11 is 12.0. The summed E-state index contributed by atoms with van der Waals surface area (Å²) in [5.74, 6) is -0.0485. The average Bonchev–Trinajstić information content (AvgIpc) is 3.22. The van der Waals surface area contributed by atoms with Gasteiger partial charge >= 0.3 is 6.01 Å². The van der Waals surface area contributed by atoms with Crippen LogP contribution in [0.5, 0.6) is 0 Å². The van der Waals surface area contributed by atoms with Crippen molar-refractivity contribution in [1.82, 2.24) is 14.5 Å². The fourth-order valence-electron chi connectivity index (χ4n) is 3.53. The van der Waals surface area contributed by atoms with Crippen LogP contribution in [0, 0.1) is 5.92 Å². The van der Waals surface area contributed by atoms with E-state index in [1.807, 2.05) is 6.92 Å². The summed E-state index contributed by atoms with van der Waals surface area (Å²) < 4.78 is 32.7. The lowest BCUT2D eigenvalue weighted by atomic mass is 10.0. The topological polar surface area (TPSA) is 105 Å². The van der Waals surface area contributed by atoms with Crippen LogP contribution in [-0.4, -0.2) is 41.9 Å². The van der Waals surface area contributed by atoms with Crippen molar-refractivity contribution in [2.45, 2.75) is 24.7 Å². The van der Waals surface area contributed by atoms with Crippen molar-refractivity contribution in [1.29, 1.82) is 0 Å². The van der Waals surface area contributed by atoms with Crippen molar-refractivity contribution in [3.8, 4) is 11.5 Å². The summed E-state index contributed by atoms with van der Waals surface area (Å²) in [6.45, 7) is 3.05. The predicted octanol–water partition coefficient (Wildman–Crippen LogP) is 4.72. The molecule has 2 heterocycles. The van der Waals surface area contributed by atoms with Gasteiger partial charge in [0.2, 0.25) is 15.9 Å². The van der Waals surface area contributed by atoms with Crippen LogP contribution in [0.25, 0.3) is 11.5 Å². The Bertz CT molecular complexity index is 1220. The van der Waals surface area contributed by atoms with Gasteiger partial charge in [0.05, 0.1) is 4.90 Å². The monoisotopic (exact) mass is 494 g/mol. The van der Waals surface area contributed by atoms with Gasteiger partial charge in [0.15, 0.2) is 0 Å². The maximum atomic E-state index is 12.9. The molecule has 168 valence electrons. The number of nitrogens with zero attached hydrogens (tertiary/aromatic N) is 3. The Morgan fingerprint density at radius 3 is 2.47 bits per heavy atom. The van der Waals surface area contributed by atoms with Crippen molar-refractivity contribution >= 4 is 45.1 Å². The van der Waals surface area contributed by atoms with E-state index in [2.05, 4.69) is 15.5 Å². The molecule has 1 aliphatic heterocycles. The third-order valence-electron chi connectivity index (χ3n) is 5.13. The van der Waals surface area contributed by atoms with E-state index in [0.29, 0.717) is 34.6 Å². The van der Waals surface area contributed by atoms with Crippen molar-refractivity contribution in [3.63, 3.8) is 0 Å². The molecule has 1 atom stereocenters. The van der Waals surface area contributed by atoms with E-state index < -0.39 is 15.9 Å². The largest absolute Gasteiger partial charge is 0.403 e. The molecule has 4 rings (SSSR count). The number of amides is 1. The van der Waals surface area contributed by atoms with Gasteiger partial charge in [-0.2, -0.15) is 4.31 Å². The highest BCUT2D eigenvalue weighted by Crippen LogP contribution is 2.27. The number of carbonyl (C=O) groups excluding carboxylic acids is 1. The van der Waals surface area contributed by atoms with Crippen molar-refractivity contribution < 1.29 is 17.6 Å². The van der Waals surface area contributed by atoms with Gasteiger partial charge in [-0.15, -0.1) is 5.10 Å². The van der Waals surface area contributed by atoms with E-state index in [1.54, 1.807) is 18.2 Å². The van der Waals surface area contributed by atoms with E-state index >= 15 is 0 Å². The zero-order chi connectivity index (χ0) is 22.9. The standard InChI is InChI=1S/C21H20Cl2N4O4S/c1-13-3-2-8-27(12-13)32(29,30)18-6-4-14(5-7-18)19(28)24-21-26-25-20(31-21)15-9-16(22)11-17(23)10-15/h4-7,9-11,13H,2-3,8,12H2,1H3,(H,24,26,28). The maximum absolute atomic E-state index is 12.9. The molecular formula is C21H20Cl2N4O4S. The Hall–Kier alpha value is -2.46. The van der Waals surface area contributed by atoms with Crippen molar-refractivity contribution in [2.24, 2.45) is 5.92 Å². The van der Waals surface area contributed by atoms with Gasteiger partial charge in [-0.05, 0) is 61.2 Å². The maximum Gasteiger partial charge on any atom is 0.322 e. The van der Waals surface area contributed by atoms with Gasteiger partial charge in [-0.3, -0.25) is 10.1 Å². The number of carbonyl (C=O) groups is 1. The van der Waals surface area contributed by atoms with E-state index in [0.717, 1.165) is 12.8 Å². The van der Waals surface area contributed by atoms with Crippen LogP contribution < -0.4 is 5.32 Å². The van der Waals surface area contributed by atoms with Crippen LogP contribution >= 0.6 is 23.2 Å². The Kier molecular flexibility index (Phi) is 6.52. The number of nitrogens with one attached hydrogen (secondary N) is 1. The molecule has 8 nitrogen and oxygen atoms in total. The highest BCUT2D eigenvalue weighted by atomic mass is 35.5. The lowest BCUT2D eigenvalue weighted by Crippen LogP contribution is -2.39. The second-order valence-corrected chi connectivity index (χ2v) is 10.5. The first kappa shape index (κ1) is 22.7. The summed E-state index contributed by atoms with van der Waals surface area (Å²) in [6, 6.07) is 10.4. The molecule has 11 heteroatoms. The Morgan fingerprint density at radius 1 is 1.12 bits per heavy atom. The molecule has 32 heavy (non-hydrogen) atoms. The zero-order valence-electron chi connectivity index (χ0n) is 17.1. The molecule has 0 spiro atoms. The molecule has 1 saturated heterocycles. The molecule has 0 aliphatic carbocycles. The van der Waals surface area contributed by atoms with E-state index in [-0.39, 0.29) is 22.4 Å². The number of benzene rings is 2. The summed E-state index contributed by atoms with van der Waals surface area (Å²) in [5.41, 5.74) is 0.763. The number of sulfonamides is 1. The van der Waals surface area contributed by atoms with Crippen molar-refractivity contribution in [2.75, 3.05) is 18.4 Å². The third-order valence-corrected chi connectivity index (χ3v) is 7.44. The van der Waals surface area contributed by atoms with E-state index in [4.69, 9.17) is 27.6 Å². The normalized spacial score (nSPS) is 17.3. The summed E-state index contributed by atoms with van der Waals surface area (Å²) in [4.78, 5) is 12.7. The number of hydrogen-bond donors (Lipinski definition) is 1. The quantitative estimate of drug-likeness (QED) is 0.550. The predicted molar refractivity (Wildman–Crippen MR) is 121 cm³/mol. The molecule has 1 aromatic heterocycles. The van der Waals surface area contributed by atoms with E-state index in [9.17, 15) is 13.2 Å². The molecule has 1 amide bonds. The summed E-state index contributed by atoms with van der Waals surface area (Å²) in [7, 11) is -3.59. The highest BCUT2D eigenvalue weighted by Gasteiger charge is 2.28. The Labute approximate surface area is 195 Å². The minimum absolute atomic E-state index is 0.111. The first-order valence-corrected chi connectivity index (χ1v) is 12.1. The fourth-order valence-corrected chi connectivity index (χ4v) is 5.65. The second-order valence-electron chi connectivity index (χ2n) is 7.66. The lowest BCUT2D eigenvalue weighted by molar-refractivity contribution is 0.102.